The first-order chi connectivity index (χ1) is 5.30. The van der Waals surface area contributed by atoms with Gasteiger partial charge in [-0.2, -0.15) is 0 Å². The van der Waals surface area contributed by atoms with Gasteiger partial charge in [0.05, 0.1) is 0 Å². The third-order valence-electron chi connectivity index (χ3n) is 3.29. The molecule has 0 spiro atoms. The van der Waals surface area contributed by atoms with E-state index in [0.717, 1.165) is 11.8 Å². The van der Waals surface area contributed by atoms with Crippen molar-refractivity contribution < 1.29 is 0 Å². The zero-order valence-corrected chi connectivity index (χ0v) is 9.81. The quantitative estimate of drug-likeness (QED) is 0.628. The van der Waals surface area contributed by atoms with E-state index in [2.05, 4.69) is 53.6 Å². The number of nitrogens with zero attached hydrogens (tertiary/aromatic N) is 1. The highest BCUT2D eigenvalue weighted by molar-refractivity contribution is 4.82. The topological polar surface area (TPSA) is 3.24 Å². The van der Waals surface area contributed by atoms with Crippen LogP contribution in [0.5, 0.6) is 0 Å². The van der Waals surface area contributed by atoms with Crippen molar-refractivity contribution in [2.45, 2.75) is 34.6 Å². The maximum atomic E-state index is 2.39. The van der Waals surface area contributed by atoms with E-state index in [4.69, 9.17) is 0 Å². The molecule has 1 heteroatoms. The van der Waals surface area contributed by atoms with Crippen LogP contribution in [0.15, 0.2) is 0 Å². The molecular weight excluding hydrogens is 146 g/mol. The lowest BCUT2D eigenvalue weighted by molar-refractivity contribution is 0.0931. The van der Waals surface area contributed by atoms with Gasteiger partial charge in [-0.15, -0.1) is 0 Å². The van der Waals surface area contributed by atoms with E-state index in [0.29, 0.717) is 5.41 Å². The summed E-state index contributed by atoms with van der Waals surface area (Å²) < 4.78 is 0. The van der Waals surface area contributed by atoms with Gasteiger partial charge < -0.3 is 4.90 Å². The van der Waals surface area contributed by atoms with Gasteiger partial charge in [0.25, 0.3) is 0 Å². The second-order valence-corrected chi connectivity index (χ2v) is 5.05. The maximum absolute atomic E-state index is 2.39. The summed E-state index contributed by atoms with van der Waals surface area (Å²) in [6.45, 7) is 12.9. The second-order valence-electron chi connectivity index (χ2n) is 5.05. The largest absolute Gasteiger partial charge is 0.309 e. The molecule has 0 atom stereocenters. The van der Waals surface area contributed by atoms with Gasteiger partial charge in [-0.05, 0) is 31.3 Å². The summed E-state index contributed by atoms with van der Waals surface area (Å²) in [5.74, 6) is 1.50. The minimum absolute atomic E-state index is 0.448. The highest BCUT2D eigenvalue weighted by Crippen LogP contribution is 2.35. The average Bonchev–Trinajstić information content (AvgIpc) is 1.84. The minimum Gasteiger partial charge on any atom is -0.309 e. The number of hydrogen-bond donors (Lipinski definition) is 0. The van der Waals surface area contributed by atoms with Crippen LogP contribution in [0.2, 0.25) is 0 Å². The van der Waals surface area contributed by atoms with Gasteiger partial charge >= 0.3 is 0 Å². The molecular formula is C11H25N. The van der Waals surface area contributed by atoms with Gasteiger partial charge in [-0.25, -0.2) is 0 Å². The molecule has 0 aliphatic rings. The normalized spacial score (nSPS) is 13.5. The molecule has 0 aliphatic heterocycles. The maximum Gasteiger partial charge on any atom is 0.00341 e. The Bertz CT molecular complexity index is 117. The van der Waals surface area contributed by atoms with Crippen LogP contribution in [0, 0.1) is 17.3 Å². The Kier molecular flexibility index (Phi) is 4.25. The highest BCUT2D eigenvalue weighted by Gasteiger charge is 2.32. The van der Waals surface area contributed by atoms with Crippen molar-refractivity contribution in [3.05, 3.63) is 0 Å². The van der Waals surface area contributed by atoms with Gasteiger partial charge in [0.1, 0.15) is 0 Å². The molecule has 0 aromatic carbocycles. The number of rotatable bonds is 4. The monoisotopic (exact) mass is 171 g/mol. The summed E-state index contributed by atoms with van der Waals surface area (Å²) in [4.78, 5) is 2.29. The van der Waals surface area contributed by atoms with Gasteiger partial charge in [0.2, 0.25) is 0 Å². The van der Waals surface area contributed by atoms with Gasteiger partial charge in [0.15, 0.2) is 0 Å². The Balaban J connectivity index is 4.40. The zero-order valence-electron chi connectivity index (χ0n) is 9.81. The van der Waals surface area contributed by atoms with E-state index < -0.39 is 0 Å². The Hall–Kier alpha value is -0.0400. The van der Waals surface area contributed by atoms with Crippen LogP contribution in [0.3, 0.4) is 0 Å². The fraction of sp³-hybridized carbons (Fsp3) is 1.00. The fourth-order valence-electron chi connectivity index (χ4n) is 1.71. The van der Waals surface area contributed by atoms with E-state index >= 15 is 0 Å². The van der Waals surface area contributed by atoms with Crippen LogP contribution >= 0.6 is 0 Å². The summed E-state index contributed by atoms with van der Waals surface area (Å²) in [6.07, 6.45) is 0. The first-order valence-electron chi connectivity index (χ1n) is 4.95. The van der Waals surface area contributed by atoms with Crippen LogP contribution in [0.1, 0.15) is 34.6 Å². The SMILES string of the molecule is CC(C)C(C)(CN(C)C)C(C)C. The van der Waals surface area contributed by atoms with E-state index in [1.54, 1.807) is 0 Å². The van der Waals surface area contributed by atoms with Crippen molar-refractivity contribution in [3.8, 4) is 0 Å². The van der Waals surface area contributed by atoms with Gasteiger partial charge in [-0.3, -0.25) is 0 Å². The molecule has 0 saturated heterocycles. The molecule has 0 heterocycles. The van der Waals surface area contributed by atoms with E-state index in [9.17, 15) is 0 Å². The van der Waals surface area contributed by atoms with Crippen molar-refractivity contribution in [2.24, 2.45) is 17.3 Å². The second kappa shape index (κ2) is 4.27. The van der Waals surface area contributed by atoms with E-state index in [1.807, 2.05) is 0 Å². The Morgan fingerprint density at radius 3 is 1.42 bits per heavy atom. The summed E-state index contributed by atoms with van der Waals surface area (Å²) in [7, 11) is 4.31. The zero-order chi connectivity index (χ0) is 9.94. The molecule has 74 valence electrons. The first-order valence-corrected chi connectivity index (χ1v) is 4.95. The van der Waals surface area contributed by atoms with E-state index in [-0.39, 0.29) is 0 Å². The lowest BCUT2D eigenvalue weighted by Gasteiger charge is -2.40. The third-order valence-corrected chi connectivity index (χ3v) is 3.29. The van der Waals surface area contributed by atoms with Crippen LogP contribution in [-0.2, 0) is 0 Å². The first kappa shape index (κ1) is 12.0. The van der Waals surface area contributed by atoms with Crippen molar-refractivity contribution in [2.75, 3.05) is 20.6 Å². The third kappa shape index (κ3) is 2.78. The van der Waals surface area contributed by atoms with Crippen molar-refractivity contribution in [1.82, 2.24) is 4.90 Å². The fourth-order valence-corrected chi connectivity index (χ4v) is 1.71. The lowest BCUT2D eigenvalue weighted by Crippen LogP contribution is -2.39. The molecule has 0 amide bonds. The molecule has 0 fully saturated rings. The van der Waals surface area contributed by atoms with Crippen molar-refractivity contribution in [3.63, 3.8) is 0 Å². The van der Waals surface area contributed by atoms with Crippen LogP contribution in [-0.4, -0.2) is 25.5 Å². The molecule has 12 heavy (non-hydrogen) atoms. The summed E-state index contributed by atoms with van der Waals surface area (Å²) in [5, 5.41) is 0. The molecule has 0 unspecified atom stereocenters. The summed E-state index contributed by atoms with van der Waals surface area (Å²) >= 11 is 0. The molecule has 0 rings (SSSR count). The molecule has 0 aromatic rings. The molecule has 0 aromatic heterocycles. The standard InChI is InChI=1S/C11H25N/c1-9(2)11(5,10(3)4)8-12(6)7/h9-10H,8H2,1-7H3. The lowest BCUT2D eigenvalue weighted by atomic mass is 9.70. The average molecular weight is 171 g/mol. The minimum atomic E-state index is 0.448. The van der Waals surface area contributed by atoms with Crippen LogP contribution in [0.25, 0.3) is 0 Å². The molecule has 0 N–H and O–H groups in total. The molecule has 0 bridgehead atoms. The van der Waals surface area contributed by atoms with Crippen LogP contribution < -0.4 is 0 Å². The van der Waals surface area contributed by atoms with Gasteiger partial charge in [-0.1, -0.05) is 34.6 Å². The Morgan fingerprint density at radius 2 is 1.33 bits per heavy atom. The van der Waals surface area contributed by atoms with Crippen molar-refractivity contribution >= 4 is 0 Å². The number of hydrogen-bond acceptors (Lipinski definition) is 1. The molecule has 0 aliphatic carbocycles. The molecule has 0 radical (unpaired) electrons. The van der Waals surface area contributed by atoms with Gasteiger partial charge in [0, 0.05) is 6.54 Å². The Morgan fingerprint density at radius 1 is 1.00 bits per heavy atom. The van der Waals surface area contributed by atoms with Crippen molar-refractivity contribution in [1.29, 1.82) is 0 Å². The Labute approximate surface area is 78.1 Å². The predicted molar refractivity (Wildman–Crippen MR) is 56.3 cm³/mol. The summed E-state index contributed by atoms with van der Waals surface area (Å²) in [6, 6.07) is 0. The smallest absolute Gasteiger partial charge is 0.00341 e. The predicted octanol–water partition coefficient (Wildman–Crippen LogP) is 2.87. The summed E-state index contributed by atoms with van der Waals surface area (Å²) in [5.41, 5.74) is 0.448. The molecule has 0 saturated carbocycles. The van der Waals surface area contributed by atoms with Crippen LogP contribution in [0.4, 0.5) is 0 Å². The van der Waals surface area contributed by atoms with E-state index in [1.165, 1.54) is 6.54 Å². The molecule has 1 nitrogen and oxygen atoms in total. The highest BCUT2D eigenvalue weighted by atomic mass is 15.1.